The molecule has 1 aromatic heterocycles. The Morgan fingerprint density at radius 3 is 2.86 bits per heavy atom. The average molecular weight is 377 g/mol. The molecule has 2 amide bonds. The van der Waals surface area contributed by atoms with Gasteiger partial charge in [0.2, 0.25) is 0 Å². The van der Waals surface area contributed by atoms with Crippen LogP contribution in [0.5, 0.6) is 5.75 Å². The molecule has 0 radical (unpaired) electrons. The van der Waals surface area contributed by atoms with Gasteiger partial charge in [-0.2, -0.15) is 0 Å². The predicted octanol–water partition coefficient (Wildman–Crippen LogP) is 2.70. The van der Waals surface area contributed by atoms with Crippen LogP contribution in [0.3, 0.4) is 0 Å². The van der Waals surface area contributed by atoms with E-state index in [-0.39, 0.29) is 18.2 Å². The quantitative estimate of drug-likeness (QED) is 0.729. The van der Waals surface area contributed by atoms with Crippen molar-refractivity contribution in [2.75, 3.05) is 11.9 Å². The summed E-state index contributed by atoms with van der Waals surface area (Å²) in [7, 11) is 0. The summed E-state index contributed by atoms with van der Waals surface area (Å²) in [6, 6.07) is 16.0. The van der Waals surface area contributed by atoms with E-state index in [1.54, 1.807) is 12.1 Å². The number of nitrogens with one attached hydrogen (secondary N) is 2. The second-order valence-corrected chi connectivity index (χ2v) is 6.62. The molecule has 28 heavy (non-hydrogen) atoms. The summed E-state index contributed by atoms with van der Waals surface area (Å²) in [4.78, 5) is 25.0. The lowest BCUT2D eigenvalue weighted by molar-refractivity contribution is -0.118. The summed E-state index contributed by atoms with van der Waals surface area (Å²) in [6.45, 7) is 1.91. The van der Waals surface area contributed by atoms with Gasteiger partial charge in [0.1, 0.15) is 24.2 Å². The zero-order chi connectivity index (χ0) is 19.5. The highest BCUT2D eigenvalue weighted by atomic mass is 16.5. The van der Waals surface area contributed by atoms with E-state index in [1.807, 2.05) is 49.4 Å². The second-order valence-electron chi connectivity index (χ2n) is 6.62. The fourth-order valence-electron chi connectivity index (χ4n) is 3.02. The number of hydrogen-bond acceptors (Lipinski definition) is 5. The minimum Gasteiger partial charge on any atom is -0.489 e. The van der Waals surface area contributed by atoms with Crippen LogP contribution in [0.1, 0.15) is 27.4 Å². The third-order valence-electron chi connectivity index (χ3n) is 4.52. The first-order chi connectivity index (χ1) is 13.6. The van der Waals surface area contributed by atoms with Gasteiger partial charge in [0.25, 0.3) is 11.8 Å². The molecule has 1 aliphatic heterocycles. The second kappa shape index (κ2) is 7.56. The maximum absolute atomic E-state index is 12.5. The Morgan fingerprint density at radius 2 is 2.04 bits per heavy atom. The first-order valence-corrected chi connectivity index (χ1v) is 8.94. The van der Waals surface area contributed by atoms with Crippen LogP contribution in [0, 0.1) is 6.92 Å². The zero-order valence-electron chi connectivity index (χ0n) is 15.3. The van der Waals surface area contributed by atoms with Gasteiger partial charge < -0.3 is 19.9 Å². The van der Waals surface area contributed by atoms with Gasteiger partial charge in [-0.1, -0.05) is 47.6 Å². The molecule has 2 aromatic carbocycles. The van der Waals surface area contributed by atoms with Gasteiger partial charge in [-0.25, -0.2) is 0 Å². The van der Waals surface area contributed by atoms with Gasteiger partial charge in [0.05, 0.1) is 5.69 Å². The molecule has 0 saturated carbocycles. The maximum atomic E-state index is 12.5. The maximum Gasteiger partial charge on any atom is 0.274 e. The number of aryl methyl sites for hydroxylation is 1. The number of ether oxygens (including phenoxy) is 1. The zero-order valence-corrected chi connectivity index (χ0v) is 15.3. The molecule has 0 aliphatic carbocycles. The van der Waals surface area contributed by atoms with Crippen molar-refractivity contribution in [3.63, 3.8) is 0 Å². The SMILES string of the molecule is Cc1cccc2c1NC(=O)C(NC(=O)c1cc(Cc3ccccc3)on1)CO2. The molecule has 1 atom stereocenters. The molecular formula is C21H19N3O4. The molecule has 2 heterocycles. The van der Waals surface area contributed by atoms with E-state index in [0.717, 1.165) is 11.1 Å². The minimum atomic E-state index is -0.839. The van der Waals surface area contributed by atoms with Crippen molar-refractivity contribution < 1.29 is 18.8 Å². The number of nitrogens with zero attached hydrogens (tertiary/aromatic N) is 1. The van der Waals surface area contributed by atoms with Crippen LogP contribution >= 0.6 is 0 Å². The predicted molar refractivity (Wildman–Crippen MR) is 102 cm³/mol. The Balaban J connectivity index is 1.43. The molecule has 7 heteroatoms. The standard InChI is InChI=1S/C21H19N3O4/c1-13-6-5-9-18-19(13)23-21(26)17(12-27-18)22-20(25)16-11-15(28-24-16)10-14-7-3-2-4-8-14/h2-9,11,17H,10,12H2,1H3,(H,22,25)(H,23,26). The number of hydrogen-bond donors (Lipinski definition) is 2. The monoisotopic (exact) mass is 377 g/mol. The lowest BCUT2D eigenvalue weighted by Gasteiger charge is -2.13. The summed E-state index contributed by atoms with van der Waals surface area (Å²) in [6.07, 6.45) is 0.530. The van der Waals surface area contributed by atoms with Gasteiger partial charge in [-0.05, 0) is 24.1 Å². The molecule has 4 rings (SSSR count). The van der Waals surface area contributed by atoms with Crippen LogP contribution in [0.2, 0.25) is 0 Å². The van der Waals surface area contributed by atoms with Crippen LogP contribution in [-0.4, -0.2) is 29.6 Å². The van der Waals surface area contributed by atoms with Crippen molar-refractivity contribution in [2.24, 2.45) is 0 Å². The van der Waals surface area contributed by atoms with Crippen LogP contribution in [0.4, 0.5) is 5.69 Å². The molecule has 1 aliphatic rings. The molecule has 142 valence electrons. The van der Waals surface area contributed by atoms with Gasteiger partial charge in [-0.3, -0.25) is 9.59 Å². The van der Waals surface area contributed by atoms with Crippen LogP contribution < -0.4 is 15.4 Å². The van der Waals surface area contributed by atoms with Crippen LogP contribution in [0.25, 0.3) is 0 Å². The van der Waals surface area contributed by atoms with Crippen molar-refractivity contribution in [3.05, 3.63) is 77.2 Å². The highest BCUT2D eigenvalue weighted by Gasteiger charge is 2.28. The Labute approximate surface area is 161 Å². The smallest absolute Gasteiger partial charge is 0.274 e. The number of anilines is 1. The molecular weight excluding hydrogens is 358 g/mol. The van der Waals surface area contributed by atoms with Crippen molar-refractivity contribution in [2.45, 2.75) is 19.4 Å². The molecule has 1 unspecified atom stereocenters. The van der Waals surface area contributed by atoms with Gasteiger partial charge >= 0.3 is 0 Å². The van der Waals surface area contributed by atoms with E-state index in [2.05, 4.69) is 15.8 Å². The number of fused-ring (bicyclic) bond motifs is 1. The van der Waals surface area contributed by atoms with E-state index in [4.69, 9.17) is 9.26 Å². The number of carbonyl (C=O) groups is 2. The largest absolute Gasteiger partial charge is 0.489 e. The van der Waals surface area contributed by atoms with Crippen molar-refractivity contribution in [1.29, 1.82) is 0 Å². The molecule has 7 nitrogen and oxygen atoms in total. The molecule has 0 fully saturated rings. The van der Waals surface area contributed by atoms with Gasteiger partial charge in [-0.15, -0.1) is 0 Å². The van der Waals surface area contributed by atoms with E-state index in [0.29, 0.717) is 23.6 Å². The lowest BCUT2D eigenvalue weighted by Crippen LogP contribution is -2.46. The molecule has 2 N–H and O–H groups in total. The first-order valence-electron chi connectivity index (χ1n) is 8.94. The normalized spacial score (nSPS) is 15.8. The number of benzene rings is 2. The summed E-state index contributed by atoms with van der Waals surface area (Å²) in [5.41, 5.74) is 2.68. The lowest BCUT2D eigenvalue weighted by atomic mass is 10.1. The van der Waals surface area contributed by atoms with E-state index >= 15 is 0 Å². The third kappa shape index (κ3) is 3.73. The first kappa shape index (κ1) is 17.8. The topological polar surface area (TPSA) is 93.5 Å². The number of amides is 2. The number of rotatable bonds is 4. The fourth-order valence-corrected chi connectivity index (χ4v) is 3.02. The number of aromatic nitrogens is 1. The van der Waals surface area contributed by atoms with Crippen molar-refractivity contribution in [3.8, 4) is 5.75 Å². The average Bonchev–Trinajstić information content (AvgIpc) is 3.10. The Bertz CT molecular complexity index is 1010. The highest BCUT2D eigenvalue weighted by molar-refractivity contribution is 6.02. The van der Waals surface area contributed by atoms with Crippen LogP contribution in [0.15, 0.2) is 59.1 Å². The summed E-state index contributed by atoms with van der Waals surface area (Å²) in [5, 5.41) is 9.29. The van der Waals surface area contributed by atoms with E-state index < -0.39 is 11.9 Å². The summed E-state index contributed by atoms with van der Waals surface area (Å²) >= 11 is 0. The minimum absolute atomic E-state index is 0.0305. The fraction of sp³-hybridized carbons (Fsp3) is 0.190. The van der Waals surface area contributed by atoms with E-state index in [9.17, 15) is 9.59 Å². The third-order valence-corrected chi connectivity index (χ3v) is 4.52. The van der Waals surface area contributed by atoms with Gasteiger partial charge in [0, 0.05) is 12.5 Å². The molecule has 0 spiro atoms. The number of carbonyl (C=O) groups excluding carboxylic acids is 2. The Hall–Kier alpha value is -3.61. The van der Waals surface area contributed by atoms with Crippen LogP contribution in [-0.2, 0) is 11.2 Å². The van der Waals surface area contributed by atoms with Crippen molar-refractivity contribution in [1.82, 2.24) is 10.5 Å². The summed E-state index contributed by atoms with van der Waals surface area (Å²) < 4.78 is 10.9. The Kier molecular flexibility index (Phi) is 4.80. The molecule has 0 bridgehead atoms. The van der Waals surface area contributed by atoms with Gasteiger partial charge in [0.15, 0.2) is 5.69 Å². The van der Waals surface area contributed by atoms with Crippen molar-refractivity contribution >= 4 is 17.5 Å². The summed E-state index contributed by atoms with van der Waals surface area (Å²) in [5.74, 6) is 0.321. The number of para-hydroxylation sites is 1. The highest BCUT2D eigenvalue weighted by Crippen LogP contribution is 2.30. The Morgan fingerprint density at radius 1 is 1.21 bits per heavy atom. The molecule has 0 saturated heterocycles. The van der Waals surface area contributed by atoms with E-state index in [1.165, 1.54) is 0 Å². The molecule has 3 aromatic rings.